The molecule has 128 valence electrons. The number of anilines is 1. The summed E-state index contributed by atoms with van der Waals surface area (Å²) in [6.07, 6.45) is 5.92. The van der Waals surface area contributed by atoms with Crippen LogP contribution in [0.2, 0.25) is 0 Å². The fraction of sp³-hybridized carbons (Fsp3) is 0.526. The predicted octanol–water partition coefficient (Wildman–Crippen LogP) is 3.21. The third-order valence-electron chi connectivity index (χ3n) is 5.45. The Morgan fingerprint density at radius 1 is 1.12 bits per heavy atom. The summed E-state index contributed by atoms with van der Waals surface area (Å²) in [4.78, 5) is 10.8. The number of nitrogen functional groups attached to an aromatic ring is 1. The van der Waals surface area contributed by atoms with E-state index in [4.69, 9.17) is 5.73 Å². The van der Waals surface area contributed by atoms with Crippen LogP contribution < -0.4 is 5.73 Å². The minimum Gasteiger partial charge on any atom is -0.375 e. The van der Waals surface area contributed by atoms with Crippen molar-refractivity contribution in [2.75, 3.05) is 25.4 Å². The van der Waals surface area contributed by atoms with Gasteiger partial charge >= 0.3 is 0 Å². The van der Waals surface area contributed by atoms with Gasteiger partial charge in [0, 0.05) is 43.3 Å². The largest absolute Gasteiger partial charge is 0.375 e. The van der Waals surface area contributed by atoms with Gasteiger partial charge in [-0.25, -0.2) is 4.98 Å². The van der Waals surface area contributed by atoms with Crippen molar-refractivity contribution in [3.63, 3.8) is 0 Å². The van der Waals surface area contributed by atoms with Crippen LogP contribution in [0.15, 0.2) is 36.5 Å². The molecular weight excluding hydrogens is 316 g/mol. The number of thiazole rings is 1. The van der Waals surface area contributed by atoms with Gasteiger partial charge in [-0.1, -0.05) is 30.3 Å². The molecule has 0 radical (unpaired) electrons. The third-order valence-corrected chi connectivity index (χ3v) is 6.26. The van der Waals surface area contributed by atoms with Crippen molar-refractivity contribution in [2.24, 2.45) is 5.92 Å². The van der Waals surface area contributed by atoms with Crippen molar-refractivity contribution in [3.05, 3.63) is 47.0 Å². The summed E-state index contributed by atoms with van der Waals surface area (Å²) in [6, 6.07) is 11.7. The molecule has 2 aliphatic heterocycles. The van der Waals surface area contributed by atoms with Crippen LogP contribution in [0.25, 0.3) is 0 Å². The van der Waals surface area contributed by atoms with Gasteiger partial charge in [0.2, 0.25) is 0 Å². The third kappa shape index (κ3) is 3.63. The predicted molar refractivity (Wildman–Crippen MR) is 99.8 cm³/mol. The highest BCUT2D eigenvalue weighted by atomic mass is 32.1. The molecule has 2 aromatic rings. The van der Waals surface area contributed by atoms with Crippen LogP contribution in [0.4, 0.5) is 5.13 Å². The molecule has 0 bridgehead atoms. The first-order chi connectivity index (χ1) is 11.8. The first kappa shape index (κ1) is 16.1. The Bertz CT molecular complexity index is 656. The number of hydrogen-bond acceptors (Lipinski definition) is 5. The normalized spacial score (nSPS) is 25.5. The Labute approximate surface area is 148 Å². The van der Waals surface area contributed by atoms with Gasteiger partial charge in [0.05, 0.1) is 0 Å². The summed E-state index contributed by atoms with van der Waals surface area (Å²) in [6.45, 7) is 5.77. The number of rotatable bonds is 4. The molecule has 2 saturated heterocycles. The maximum atomic E-state index is 5.76. The molecule has 2 aliphatic rings. The van der Waals surface area contributed by atoms with Gasteiger partial charge in [0.15, 0.2) is 5.13 Å². The Morgan fingerprint density at radius 3 is 2.79 bits per heavy atom. The lowest BCUT2D eigenvalue weighted by Gasteiger charge is -2.47. The fourth-order valence-corrected chi connectivity index (χ4v) is 5.08. The Hall–Kier alpha value is -1.43. The number of hydrogen-bond donors (Lipinski definition) is 1. The summed E-state index contributed by atoms with van der Waals surface area (Å²) >= 11 is 1.63. The Kier molecular flexibility index (Phi) is 4.83. The van der Waals surface area contributed by atoms with Gasteiger partial charge in [-0.05, 0) is 37.3 Å². The standard InChI is InChI=1S/C19H26N4S/c20-19-21-11-17(24-19)14-22-10-8-18-16(13-22)7-4-9-23(18)12-15-5-2-1-3-6-15/h1-3,5-6,11,16,18H,4,7-10,12-14H2,(H2,20,21). The topological polar surface area (TPSA) is 45.4 Å². The molecule has 0 amide bonds. The maximum Gasteiger partial charge on any atom is 0.180 e. The average Bonchev–Trinajstić information content (AvgIpc) is 3.01. The lowest BCUT2D eigenvalue weighted by Crippen LogP contribution is -2.53. The summed E-state index contributed by atoms with van der Waals surface area (Å²) < 4.78 is 0. The molecule has 4 rings (SSSR count). The highest BCUT2D eigenvalue weighted by Gasteiger charge is 2.35. The van der Waals surface area contributed by atoms with Gasteiger partial charge in [-0.15, -0.1) is 11.3 Å². The Balaban J connectivity index is 1.38. The summed E-state index contributed by atoms with van der Waals surface area (Å²) in [5, 5.41) is 0.687. The zero-order valence-corrected chi connectivity index (χ0v) is 14.9. The smallest absolute Gasteiger partial charge is 0.180 e. The van der Waals surface area contributed by atoms with E-state index in [1.165, 1.54) is 49.3 Å². The van der Waals surface area contributed by atoms with Crippen LogP contribution in [0, 0.1) is 5.92 Å². The van der Waals surface area contributed by atoms with E-state index in [1.54, 1.807) is 11.3 Å². The van der Waals surface area contributed by atoms with Gasteiger partial charge in [0.25, 0.3) is 0 Å². The Morgan fingerprint density at radius 2 is 2.00 bits per heavy atom. The van der Waals surface area contributed by atoms with E-state index in [1.807, 2.05) is 6.20 Å². The highest BCUT2D eigenvalue weighted by Crippen LogP contribution is 2.32. The zero-order chi connectivity index (χ0) is 16.4. The van der Waals surface area contributed by atoms with Crippen molar-refractivity contribution >= 4 is 16.5 Å². The molecule has 5 heteroatoms. The van der Waals surface area contributed by atoms with E-state index in [2.05, 4.69) is 45.1 Å². The molecule has 2 N–H and O–H groups in total. The molecule has 0 spiro atoms. The number of fused-ring (bicyclic) bond motifs is 1. The van der Waals surface area contributed by atoms with E-state index in [9.17, 15) is 0 Å². The van der Waals surface area contributed by atoms with Gasteiger partial charge < -0.3 is 5.73 Å². The minimum atomic E-state index is 0.687. The van der Waals surface area contributed by atoms with Crippen molar-refractivity contribution in [1.82, 2.24) is 14.8 Å². The molecule has 3 heterocycles. The van der Waals surface area contributed by atoms with Crippen molar-refractivity contribution in [2.45, 2.75) is 38.4 Å². The lowest BCUT2D eigenvalue weighted by molar-refractivity contribution is 0.0159. The monoisotopic (exact) mass is 342 g/mol. The zero-order valence-electron chi connectivity index (χ0n) is 14.1. The molecule has 0 saturated carbocycles. The maximum absolute atomic E-state index is 5.76. The average molecular weight is 343 g/mol. The lowest BCUT2D eigenvalue weighted by atomic mass is 9.83. The number of aromatic nitrogens is 1. The fourth-order valence-electron chi connectivity index (χ4n) is 4.36. The summed E-state index contributed by atoms with van der Waals surface area (Å²) in [5.41, 5.74) is 7.21. The molecular formula is C19H26N4S. The van der Waals surface area contributed by atoms with E-state index in [0.717, 1.165) is 25.0 Å². The van der Waals surface area contributed by atoms with E-state index in [-0.39, 0.29) is 0 Å². The van der Waals surface area contributed by atoms with Gasteiger partial charge in [-0.3, -0.25) is 9.80 Å². The SMILES string of the molecule is Nc1ncc(CN2CCC3C(CCCN3Cc3ccccc3)C2)s1. The second-order valence-electron chi connectivity index (χ2n) is 7.11. The molecule has 2 unspecified atom stereocenters. The quantitative estimate of drug-likeness (QED) is 0.927. The number of likely N-dealkylation sites (tertiary alicyclic amines) is 2. The van der Waals surface area contributed by atoms with Crippen LogP contribution in [-0.4, -0.2) is 40.5 Å². The molecule has 24 heavy (non-hydrogen) atoms. The van der Waals surface area contributed by atoms with Crippen LogP contribution in [0.3, 0.4) is 0 Å². The van der Waals surface area contributed by atoms with Crippen molar-refractivity contribution in [1.29, 1.82) is 0 Å². The number of nitrogens with zero attached hydrogens (tertiary/aromatic N) is 3. The summed E-state index contributed by atoms with van der Waals surface area (Å²) in [7, 11) is 0. The van der Waals surface area contributed by atoms with Crippen molar-refractivity contribution < 1.29 is 0 Å². The second kappa shape index (κ2) is 7.21. The molecule has 4 nitrogen and oxygen atoms in total. The second-order valence-corrected chi connectivity index (χ2v) is 8.26. The van der Waals surface area contributed by atoms with Crippen LogP contribution >= 0.6 is 11.3 Å². The molecule has 1 aromatic heterocycles. The van der Waals surface area contributed by atoms with Crippen molar-refractivity contribution in [3.8, 4) is 0 Å². The van der Waals surface area contributed by atoms with Crippen LogP contribution in [0.5, 0.6) is 0 Å². The van der Waals surface area contributed by atoms with E-state index in [0.29, 0.717) is 5.13 Å². The van der Waals surface area contributed by atoms with E-state index >= 15 is 0 Å². The van der Waals surface area contributed by atoms with Crippen LogP contribution in [0.1, 0.15) is 29.7 Å². The number of piperidine rings is 2. The van der Waals surface area contributed by atoms with Gasteiger partial charge in [-0.2, -0.15) is 0 Å². The molecule has 2 atom stereocenters. The molecule has 1 aromatic carbocycles. The molecule has 2 fully saturated rings. The first-order valence-corrected chi connectivity index (χ1v) is 9.80. The van der Waals surface area contributed by atoms with Gasteiger partial charge in [0.1, 0.15) is 0 Å². The van der Waals surface area contributed by atoms with E-state index < -0.39 is 0 Å². The number of benzene rings is 1. The first-order valence-electron chi connectivity index (χ1n) is 8.98. The molecule has 0 aliphatic carbocycles. The van der Waals surface area contributed by atoms with Crippen LogP contribution in [-0.2, 0) is 13.1 Å². The number of nitrogens with two attached hydrogens (primary N) is 1. The highest BCUT2D eigenvalue weighted by molar-refractivity contribution is 7.15. The minimum absolute atomic E-state index is 0.687. The summed E-state index contributed by atoms with van der Waals surface area (Å²) in [5.74, 6) is 0.807.